The van der Waals surface area contributed by atoms with Crippen molar-refractivity contribution < 1.29 is 27.9 Å². The molecule has 2 heterocycles. The summed E-state index contributed by atoms with van der Waals surface area (Å²) in [4.78, 5) is 46.8. The first-order valence-electron chi connectivity index (χ1n) is 16.6. The molecule has 3 aromatic rings. The van der Waals surface area contributed by atoms with Gasteiger partial charge in [0.05, 0.1) is 45.0 Å². The smallest absolute Gasteiger partial charge is 0.321 e. The molecule has 50 heavy (non-hydrogen) atoms. The fourth-order valence-electron chi connectivity index (χ4n) is 6.02. The third-order valence-corrected chi connectivity index (χ3v) is 11.3. The number of nitrogens with zero attached hydrogens (tertiary/aromatic N) is 4. The Hall–Kier alpha value is -3.56. The number of aliphatic hydroxyl groups is 1. The highest BCUT2D eigenvalue weighted by Crippen LogP contribution is 2.28. The zero-order chi connectivity index (χ0) is 36.7. The molecule has 0 radical (unpaired) electrons. The lowest BCUT2D eigenvalue weighted by atomic mass is 9.97. The zero-order valence-electron chi connectivity index (χ0n) is 29.3. The summed E-state index contributed by atoms with van der Waals surface area (Å²) in [5.74, 6) is -1.14. The molecule has 0 spiro atoms. The van der Waals surface area contributed by atoms with Crippen molar-refractivity contribution in [3.63, 3.8) is 0 Å². The van der Waals surface area contributed by atoms with E-state index in [1.165, 1.54) is 40.8 Å². The predicted octanol–water partition coefficient (Wildman–Crippen LogP) is 4.76. The molecular formula is C35H47ClN6O6S2. The number of nitrogens with one attached hydrogen (secondary N) is 2. The van der Waals surface area contributed by atoms with E-state index in [2.05, 4.69) is 15.6 Å². The van der Waals surface area contributed by atoms with Gasteiger partial charge in [-0.25, -0.2) is 18.2 Å². The van der Waals surface area contributed by atoms with Gasteiger partial charge in [-0.05, 0) is 48.9 Å². The molecule has 0 bridgehead atoms. The van der Waals surface area contributed by atoms with Crippen LogP contribution in [0.1, 0.15) is 50.9 Å². The average molecular weight is 747 g/mol. The van der Waals surface area contributed by atoms with Crippen LogP contribution < -0.4 is 10.6 Å². The molecule has 1 fully saturated rings. The molecule has 0 aliphatic carbocycles. The van der Waals surface area contributed by atoms with Crippen LogP contribution in [0.2, 0.25) is 5.02 Å². The Morgan fingerprint density at radius 1 is 1.08 bits per heavy atom. The molecule has 1 saturated heterocycles. The summed E-state index contributed by atoms with van der Waals surface area (Å²) in [6, 6.07) is 11.4. The normalized spacial score (nSPS) is 15.5. The van der Waals surface area contributed by atoms with Gasteiger partial charge in [0.1, 0.15) is 6.04 Å². The SMILES string of the molecule is CC(=O)Nc1ccc(S(=O)(=O)N(CC(C)C)C[C@@H](O)[C@H](Cc2ccccc2)NC(=O)C(C(C)C)N2CCN(Cc3csc(C)n3)C2=O)cc1Cl. The van der Waals surface area contributed by atoms with Gasteiger partial charge in [-0.15, -0.1) is 11.3 Å². The lowest BCUT2D eigenvalue weighted by Crippen LogP contribution is -2.57. The van der Waals surface area contributed by atoms with Gasteiger partial charge in [0, 0.05) is 38.5 Å². The molecule has 1 aliphatic rings. The summed E-state index contributed by atoms with van der Waals surface area (Å²) < 4.78 is 29.2. The van der Waals surface area contributed by atoms with Gasteiger partial charge >= 0.3 is 6.03 Å². The van der Waals surface area contributed by atoms with E-state index >= 15 is 0 Å². The molecule has 3 N–H and O–H groups in total. The number of carbonyl (C=O) groups is 3. The van der Waals surface area contributed by atoms with Gasteiger partial charge in [-0.1, -0.05) is 69.6 Å². The van der Waals surface area contributed by atoms with Crippen LogP contribution in [0.4, 0.5) is 10.5 Å². The molecule has 15 heteroatoms. The Morgan fingerprint density at radius 3 is 2.36 bits per heavy atom. The minimum absolute atomic E-state index is 0.0528. The van der Waals surface area contributed by atoms with Crippen LogP contribution >= 0.6 is 22.9 Å². The van der Waals surface area contributed by atoms with Crippen LogP contribution in [-0.2, 0) is 32.6 Å². The molecule has 3 atom stereocenters. The topological polar surface area (TPSA) is 152 Å². The number of thiazole rings is 1. The number of amides is 4. The highest BCUT2D eigenvalue weighted by Gasteiger charge is 2.40. The van der Waals surface area contributed by atoms with Gasteiger partial charge in [0.15, 0.2) is 0 Å². The van der Waals surface area contributed by atoms with E-state index in [-0.39, 0.29) is 58.9 Å². The maximum absolute atomic E-state index is 14.1. The standard InChI is InChI=1S/C35H47ClN6O6S2/c1-22(2)18-41(50(47,48)28-12-13-30(29(36)17-28)37-24(5)43)20-32(44)31(16-26-10-8-7-9-11-26)39-34(45)33(23(3)4)42-15-14-40(35(42)46)19-27-21-49-25(6)38-27/h7-13,17,21-23,31-33,44H,14-16,18-20H2,1-6H3,(H,37,43)(H,39,45)/t31-,32+,33?/m0/s1. The van der Waals surface area contributed by atoms with Crippen LogP contribution in [0.5, 0.6) is 0 Å². The van der Waals surface area contributed by atoms with Crippen molar-refractivity contribution in [3.05, 3.63) is 75.2 Å². The number of anilines is 1. The maximum atomic E-state index is 14.1. The van der Waals surface area contributed by atoms with Gasteiger partial charge < -0.3 is 25.5 Å². The number of urea groups is 1. The number of sulfonamides is 1. The number of rotatable bonds is 16. The number of carbonyl (C=O) groups excluding carboxylic acids is 3. The Kier molecular flexibility index (Phi) is 13.4. The largest absolute Gasteiger partial charge is 0.390 e. The Bertz CT molecular complexity index is 1750. The molecular weight excluding hydrogens is 700 g/mol. The fraction of sp³-hybridized carbons (Fsp3) is 0.486. The Labute approximate surface area is 303 Å². The van der Waals surface area contributed by atoms with E-state index < -0.39 is 34.1 Å². The van der Waals surface area contributed by atoms with Crippen LogP contribution in [0.3, 0.4) is 0 Å². The molecule has 272 valence electrons. The number of hydrogen-bond acceptors (Lipinski definition) is 8. The van der Waals surface area contributed by atoms with Crippen molar-refractivity contribution in [2.24, 2.45) is 11.8 Å². The average Bonchev–Trinajstić information content (AvgIpc) is 3.61. The predicted molar refractivity (Wildman–Crippen MR) is 195 cm³/mol. The first-order chi connectivity index (χ1) is 23.6. The Morgan fingerprint density at radius 2 is 1.78 bits per heavy atom. The summed E-state index contributed by atoms with van der Waals surface area (Å²) in [6.07, 6.45) is -1.11. The van der Waals surface area contributed by atoms with Gasteiger partial charge in [-0.3, -0.25) is 9.59 Å². The van der Waals surface area contributed by atoms with Crippen molar-refractivity contribution in [2.75, 3.05) is 31.5 Å². The number of aryl methyl sites for hydroxylation is 1. The number of halogens is 1. The molecule has 4 amide bonds. The lowest BCUT2D eigenvalue weighted by molar-refractivity contribution is -0.128. The van der Waals surface area contributed by atoms with Crippen LogP contribution in [0.25, 0.3) is 0 Å². The lowest BCUT2D eigenvalue weighted by Gasteiger charge is -2.34. The monoisotopic (exact) mass is 746 g/mol. The molecule has 1 unspecified atom stereocenters. The number of aliphatic hydroxyl groups excluding tert-OH is 1. The third kappa shape index (κ3) is 10.0. The van der Waals surface area contributed by atoms with Crippen LogP contribution in [0.15, 0.2) is 58.8 Å². The quantitative estimate of drug-likeness (QED) is 0.191. The molecule has 0 saturated carbocycles. The van der Waals surface area contributed by atoms with Crippen molar-refractivity contribution in [1.82, 2.24) is 24.4 Å². The summed E-state index contributed by atoms with van der Waals surface area (Å²) in [5.41, 5.74) is 1.90. The van der Waals surface area contributed by atoms with E-state index in [1.54, 1.807) is 9.80 Å². The number of aromatic nitrogens is 1. The van der Waals surface area contributed by atoms with Crippen LogP contribution in [0, 0.1) is 18.8 Å². The van der Waals surface area contributed by atoms with Crippen molar-refractivity contribution in [3.8, 4) is 0 Å². The minimum atomic E-state index is -4.17. The van der Waals surface area contributed by atoms with Gasteiger partial charge in [0.2, 0.25) is 21.8 Å². The second-order valence-corrected chi connectivity index (χ2v) is 16.8. The van der Waals surface area contributed by atoms with Gasteiger partial charge in [0.25, 0.3) is 0 Å². The van der Waals surface area contributed by atoms with Crippen molar-refractivity contribution in [1.29, 1.82) is 0 Å². The second-order valence-electron chi connectivity index (χ2n) is 13.4. The summed E-state index contributed by atoms with van der Waals surface area (Å²) in [7, 11) is -4.17. The first-order valence-corrected chi connectivity index (χ1v) is 19.3. The molecule has 1 aromatic heterocycles. The van der Waals surface area contributed by atoms with Crippen molar-refractivity contribution in [2.45, 2.75) is 77.6 Å². The maximum Gasteiger partial charge on any atom is 0.321 e. The van der Waals surface area contributed by atoms with E-state index in [1.807, 2.05) is 70.3 Å². The van der Waals surface area contributed by atoms with E-state index in [9.17, 15) is 27.9 Å². The summed E-state index contributed by atoms with van der Waals surface area (Å²) in [5, 5.41) is 20.2. The zero-order valence-corrected chi connectivity index (χ0v) is 31.7. The first kappa shape index (κ1) is 39.2. The number of hydrogen-bond donors (Lipinski definition) is 3. The molecule has 4 rings (SSSR count). The molecule has 2 aromatic carbocycles. The minimum Gasteiger partial charge on any atom is -0.390 e. The summed E-state index contributed by atoms with van der Waals surface area (Å²) in [6.45, 7) is 11.6. The summed E-state index contributed by atoms with van der Waals surface area (Å²) >= 11 is 7.85. The molecule has 12 nitrogen and oxygen atoms in total. The Balaban J connectivity index is 1.58. The van der Waals surface area contributed by atoms with Gasteiger partial charge in [-0.2, -0.15) is 4.31 Å². The third-order valence-electron chi connectivity index (χ3n) is 8.32. The fourth-order valence-corrected chi connectivity index (χ4v) is 8.56. The second kappa shape index (κ2) is 17.1. The highest BCUT2D eigenvalue weighted by atomic mass is 35.5. The molecule has 1 aliphatic heterocycles. The number of benzene rings is 2. The highest BCUT2D eigenvalue weighted by molar-refractivity contribution is 7.89. The van der Waals surface area contributed by atoms with Crippen LogP contribution in [-0.4, -0.2) is 94.8 Å². The van der Waals surface area contributed by atoms with E-state index in [0.29, 0.717) is 19.6 Å². The van der Waals surface area contributed by atoms with E-state index in [4.69, 9.17) is 11.6 Å². The van der Waals surface area contributed by atoms with Crippen molar-refractivity contribution >= 4 is 56.5 Å². The van der Waals surface area contributed by atoms with E-state index in [0.717, 1.165) is 16.3 Å².